The fraction of sp³-hybridized carbons (Fsp3) is 1.00. The molecule has 1 aliphatic rings. The Kier molecular flexibility index (Phi) is 3.95. The van der Waals surface area contributed by atoms with Crippen LogP contribution in [0.4, 0.5) is 0 Å². The fourth-order valence-corrected chi connectivity index (χ4v) is 1.81. The minimum absolute atomic E-state index is 0.491. The first-order valence-corrected chi connectivity index (χ1v) is 5.18. The smallest absolute Gasteiger partial charge is 0.111 e. The molecule has 1 rings (SSSR count). The van der Waals surface area contributed by atoms with Gasteiger partial charge in [-0.2, -0.15) is 0 Å². The minimum Gasteiger partial charge on any atom is -0.293 e. The van der Waals surface area contributed by atoms with Crippen molar-refractivity contribution in [2.24, 2.45) is 5.92 Å². The van der Waals surface area contributed by atoms with Crippen molar-refractivity contribution in [3.05, 3.63) is 0 Å². The molecule has 0 aliphatic carbocycles. The first-order chi connectivity index (χ1) is 4.83. The molecule has 0 spiro atoms. The predicted octanol–water partition coefficient (Wildman–Crippen LogP) is 1.31. The highest BCUT2D eigenvalue weighted by Gasteiger charge is 2.15. The van der Waals surface area contributed by atoms with E-state index in [2.05, 4.69) is 40.1 Å². The van der Waals surface area contributed by atoms with E-state index in [4.69, 9.17) is 0 Å². The van der Waals surface area contributed by atoms with E-state index in [1.165, 1.54) is 25.9 Å². The van der Waals surface area contributed by atoms with Crippen LogP contribution < -0.4 is 10.6 Å². The van der Waals surface area contributed by atoms with E-state index in [1.54, 1.807) is 0 Å². The van der Waals surface area contributed by atoms with Gasteiger partial charge in [-0.25, -0.2) is 0 Å². The molecule has 10 heavy (non-hydrogen) atoms. The Morgan fingerprint density at radius 1 is 1.40 bits per heavy atom. The van der Waals surface area contributed by atoms with Gasteiger partial charge in [0, 0.05) is 13.1 Å². The van der Waals surface area contributed by atoms with Gasteiger partial charge in [0.15, 0.2) is 0 Å². The zero-order valence-corrected chi connectivity index (χ0v) is 8.52. The van der Waals surface area contributed by atoms with E-state index in [-0.39, 0.29) is 0 Å². The van der Waals surface area contributed by atoms with Crippen LogP contribution in [0.2, 0.25) is 0 Å². The van der Waals surface area contributed by atoms with Gasteiger partial charge in [-0.15, -0.1) is 0 Å². The topological polar surface area (TPSA) is 24.1 Å². The lowest BCUT2D eigenvalue weighted by atomic mass is 10.0. The Morgan fingerprint density at radius 2 is 2.00 bits per heavy atom. The molecule has 1 aliphatic heterocycles. The van der Waals surface area contributed by atoms with Crippen molar-refractivity contribution in [1.82, 2.24) is 10.6 Å². The van der Waals surface area contributed by atoms with Crippen LogP contribution in [0.25, 0.3) is 0 Å². The van der Waals surface area contributed by atoms with Gasteiger partial charge < -0.3 is 0 Å². The maximum atomic E-state index is 3.39. The average Bonchev–Trinajstić information content (AvgIpc) is 1.95. The Morgan fingerprint density at radius 3 is 2.50 bits per heavy atom. The average molecular weight is 254 g/mol. The second-order valence-electron chi connectivity index (χ2n) is 2.83. The van der Waals surface area contributed by atoms with E-state index in [0.717, 1.165) is 5.92 Å². The molecule has 0 aromatic heterocycles. The highest BCUT2D eigenvalue weighted by Crippen LogP contribution is 2.09. The molecule has 2 nitrogen and oxygen atoms in total. The van der Waals surface area contributed by atoms with E-state index >= 15 is 0 Å². The minimum atomic E-state index is 0.491. The predicted molar refractivity (Wildman–Crippen MR) is 52.2 cm³/mol. The molecular weight excluding hydrogens is 239 g/mol. The zero-order chi connectivity index (χ0) is 7.40. The van der Waals surface area contributed by atoms with Gasteiger partial charge in [-0.1, -0.05) is 13.3 Å². The highest BCUT2D eigenvalue weighted by molar-refractivity contribution is 14.1. The summed E-state index contributed by atoms with van der Waals surface area (Å²) in [6.07, 6.45) is 2.66. The molecule has 0 unspecified atom stereocenters. The molecule has 1 saturated heterocycles. The molecule has 0 aromatic rings. The molecule has 0 bridgehead atoms. The number of halogens is 1. The molecule has 0 aromatic carbocycles. The Labute approximate surface area is 76.3 Å². The maximum Gasteiger partial charge on any atom is 0.111 e. The van der Waals surface area contributed by atoms with Crippen molar-refractivity contribution >= 4 is 22.6 Å². The Hall–Kier alpha value is 0.650. The third-order valence-electron chi connectivity index (χ3n) is 1.87. The lowest BCUT2D eigenvalue weighted by Gasteiger charge is -2.27. The van der Waals surface area contributed by atoms with Crippen LogP contribution in [0.5, 0.6) is 0 Å². The van der Waals surface area contributed by atoms with Crippen LogP contribution in [0.15, 0.2) is 0 Å². The van der Waals surface area contributed by atoms with Gasteiger partial charge in [0.1, 0.15) is 4.17 Å². The van der Waals surface area contributed by atoms with E-state index < -0.39 is 0 Å². The summed E-state index contributed by atoms with van der Waals surface area (Å²) in [5, 5.41) is 6.78. The SMILES string of the molecule is CCCC1CNC(I)NC1. The van der Waals surface area contributed by atoms with Gasteiger partial charge >= 0.3 is 0 Å². The summed E-state index contributed by atoms with van der Waals surface area (Å²) in [6.45, 7) is 4.62. The van der Waals surface area contributed by atoms with Crippen LogP contribution in [0, 0.1) is 5.92 Å². The van der Waals surface area contributed by atoms with Gasteiger partial charge in [0.25, 0.3) is 0 Å². The summed E-state index contributed by atoms with van der Waals surface area (Å²) < 4.78 is 0.491. The normalized spacial score (nSPS) is 34.2. The van der Waals surface area contributed by atoms with E-state index in [0.29, 0.717) is 4.17 Å². The summed E-state index contributed by atoms with van der Waals surface area (Å²) in [5.74, 6) is 0.857. The second kappa shape index (κ2) is 4.51. The number of hydrogen-bond acceptors (Lipinski definition) is 2. The number of rotatable bonds is 2. The summed E-state index contributed by atoms with van der Waals surface area (Å²) in [5.41, 5.74) is 0. The van der Waals surface area contributed by atoms with E-state index in [1.807, 2.05) is 0 Å². The molecule has 0 saturated carbocycles. The first-order valence-electron chi connectivity index (χ1n) is 3.93. The molecule has 3 heteroatoms. The Balaban J connectivity index is 2.13. The second-order valence-corrected chi connectivity index (χ2v) is 4.08. The summed E-state index contributed by atoms with van der Waals surface area (Å²) in [4.78, 5) is 0. The van der Waals surface area contributed by atoms with Crippen LogP contribution in [0.3, 0.4) is 0 Å². The number of hydrogen-bond donors (Lipinski definition) is 2. The van der Waals surface area contributed by atoms with Gasteiger partial charge in [-0.05, 0) is 34.9 Å². The molecule has 0 amide bonds. The van der Waals surface area contributed by atoms with E-state index in [9.17, 15) is 0 Å². The van der Waals surface area contributed by atoms with Gasteiger partial charge in [-0.3, -0.25) is 10.6 Å². The lowest BCUT2D eigenvalue weighted by molar-refractivity contribution is 0.344. The standard InChI is InChI=1S/C7H15IN2/c1-2-3-6-4-9-7(8)10-5-6/h6-7,9-10H,2-5H2,1H3. The van der Waals surface area contributed by atoms with Crippen LogP contribution in [-0.4, -0.2) is 17.3 Å². The molecule has 2 N–H and O–H groups in total. The molecule has 1 fully saturated rings. The molecule has 0 radical (unpaired) electrons. The van der Waals surface area contributed by atoms with Gasteiger partial charge in [0.2, 0.25) is 0 Å². The maximum absolute atomic E-state index is 3.39. The van der Waals surface area contributed by atoms with Crippen LogP contribution >= 0.6 is 22.6 Å². The van der Waals surface area contributed by atoms with Crippen molar-refractivity contribution in [2.45, 2.75) is 23.9 Å². The van der Waals surface area contributed by atoms with Crippen molar-refractivity contribution < 1.29 is 0 Å². The fourth-order valence-electron chi connectivity index (χ4n) is 1.30. The Bertz CT molecular complexity index is 89.6. The molecule has 0 atom stereocenters. The van der Waals surface area contributed by atoms with Crippen molar-refractivity contribution in [3.8, 4) is 0 Å². The third-order valence-corrected chi connectivity index (χ3v) is 2.75. The largest absolute Gasteiger partial charge is 0.293 e. The highest BCUT2D eigenvalue weighted by atomic mass is 127. The van der Waals surface area contributed by atoms with Gasteiger partial charge in [0.05, 0.1) is 0 Å². The summed E-state index contributed by atoms with van der Waals surface area (Å²) in [6, 6.07) is 0. The monoisotopic (exact) mass is 254 g/mol. The quantitative estimate of drug-likeness (QED) is 0.441. The zero-order valence-electron chi connectivity index (χ0n) is 6.36. The summed E-state index contributed by atoms with van der Waals surface area (Å²) >= 11 is 2.37. The molecule has 60 valence electrons. The van der Waals surface area contributed by atoms with Crippen LogP contribution in [-0.2, 0) is 0 Å². The van der Waals surface area contributed by atoms with Crippen molar-refractivity contribution in [2.75, 3.05) is 13.1 Å². The van der Waals surface area contributed by atoms with Crippen LogP contribution in [0.1, 0.15) is 19.8 Å². The summed E-state index contributed by atoms with van der Waals surface area (Å²) in [7, 11) is 0. The van der Waals surface area contributed by atoms with Crippen molar-refractivity contribution in [1.29, 1.82) is 0 Å². The number of nitrogens with one attached hydrogen (secondary N) is 2. The third kappa shape index (κ3) is 2.72. The first kappa shape index (κ1) is 8.74. The number of alkyl halides is 1. The molecule has 1 heterocycles. The molecular formula is C7H15IN2. The lowest BCUT2D eigenvalue weighted by Crippen LogP contribution is -2.49. The van der Waals surface area contributed by atoms with Crippen molar-refractivity contribution in [3.63, 3.8) is 0 Å².